The zero-order valence-corrected chi connectivity index (χ0v) is 10.4. The molecule has 1 saturated carbocycles. The topological polar surface area (TPSA) is 21.3 Å². The van der Waals surface area contributed by atoms with E-state index in [2.05, 4.69) is 19.2 Å². The summed E-state index contributed by atoms with van der Waals surface area (Å²) in [5.74, 6) is 0.945. The Labute approximate surface area is 94.8 Å². The maximum atomic E-state index is 5.32. The van der Waals surface area contributed by atoms with Crippen molar-refractivity contribution in [3.63, 3.8) is 0 Å². The minimum absolute atomic E-state index is 0.775. The minimum Gasteiger partial charge on any atom is -0.382 e. The standard InChI is InChI=1S/C13H27NO/c1-3-15-11-5-10-14-13-7-4-6-12(2)8-9-13/h12-14H,3-11H2,1-2H3. The van der Waals surface area contributed by atoms with Crippen LogP contribution in [-0.4, -0.2) is 25.8 Å². The zero-order chi connectivity index (χ0) is 10.9. The molecule has 15 heavy (non-hydrogen) atoms. The SMILES string of the molecule is CCOCCCNC1CCCC(C)CC1. The first-order chi connectivity index (χ1) is 7.33. The Morgan fingerprint density at radius 3 is 2.87 bits per heavy atom. The molecule has 0 radical (unpaired) electrons. The monoisotopic (exact) mass is 213 g/mol. The highest BCUT2D eigenvalue weighted by atomic mass is 16.5. The molecule has 0 aromatic rings. The molecule has 2 atom stereocenters. The van der Waals surface area contributed by atoms with Crippen molar-refractivity contribution in [3.8, 4) is 0 Å². The van der Waals surface area contributed by atoms with Crippen molar-refractivity contribution in [2.75, 3.05) is 19.8 Å². The number of hydrogen-bond donors (Lipinski definition) is 1. The zero-order valence-electron chi connectivity index (χ0n) is 10.4. The first kappa shape index (κ1) is 13.0. The minimum atomic E-state index is 0.775. The third-order valence-electron chi connectivity index (χ3n) is 3.36. The summed E-state index contributed by atoms with van der Waals surface area (Å²) in [5.41, 5.74) is 0. The summed E-state index contributed by atoms with van der Waals surface area (Å²) >= 11 is 0. The van der Waals surface area contributed by atoms with Crippen LogP contribution in [0.4, 0.5) is 0 Å². The molecule has 2 unspecified atom stereocenters. The average molecular weight is 213 g/mol. The maximum absolute atomic E-state index is 5.32. The second-order valence-electron chi connectivity index (χ2n) is 4.81. The third-order valence-corrected chi connectivity index (χ3v) is 3.36. The van der Waals surface area contributed by atoms with Crippen LogP contribution in [0.1, 0.15) is 52.4 Å². The number of hydrogen-bond acceptors (Lipinski definition) is 2. The number of nitrogens with one attached hydrogen (secondary N) is 1. The van der Waals surface area contributed by atoms with Crippen LogP contribution < -0.4 is 5.32 Å². The summed E-state index contributed by atoms with van der Waals surface area (Å²) in [6.45, 7) is 7.32. The van der Waals surface area contributed by atoms with Gasteiger partial charge in [0.15, 0.2) is 0 Å². The van der Waals surface area contributed by atoms with E-state index in [9.17, 15) is 0 Å². The van der Waals surface area contributed by atoms with E-state index in [0.717, 1.165) is 38.1 Å². The summed E-state index contributed by atoms with van der Waals surface area (Å²) < 4.78 is 5.32. The second-order valence-corrected chi connectivity index (χ2v) is 4.81. The van der Waals surface area contributed by atoms with Gasteiger partial charge in [-0.2, -0.15) is 0 Å². The predicted molar refractivity (Wildman–Crippen MR) is 65.1 cm³/mol. The largest absolute Gasteiger partial charge is 0.382 e. The molecular formula is C13H27NO. The Morgan fingerprint density at radius 2 is 2.07 bits per heavy atom. The van der Waals surface area contributed by atoms with Crippen molar-refractivity contribution in [2.24, 2.45) is 5.92 Å². The number of ether oxygens (including phenoxy) is 1. The quantitative estimate of drug-likeness (QED) is 0.541. The highest BCUT2D eigenvalue weighted by Crippen LogP contribution is 2.22. The van der Waals surface area contributed by atoms with Crippen LogP contribution in [0.3, 0.4) is 0 Å². The fraction of sp³-hybridized carbons (Fsp3) is 1.00. The molecule has 0 aliphatic heterocycles. The molecular weight excluding hydrogens is 186 g/mol. The van der Waals surface area contributed by atoms with Crippen LogP contribution in [0.25, 0.3) is 0 Å². The van der Waals surface area contributed by atoms with Crippen LogP contribution in [0, 0.1) is 5.92 Å². The van der Waals surface area contributed by atoms with Crippen LogP contribution in [-0.2, 0) is 4.74 Å². The molecule has 0 amide bonds. The lowest BCUT2D eigenvalue weighted by Crippen LogP contribution is -2.30. The van der Waals surface area contributed by atoms with Crippen molar-refractivity contribution < 1.29 is 4.74 Å². The van der Waals surface area contributed by atoms with E-state index in [1.807, 2.05) is 0 Å². The van der Waals surface area contributed by atoms with E-state index in [0.29, 0.717) is 0 Å². The van der Waals surface area contributed by atoms with Crippen LogP contribution >= 0.6 is 0 Å². The normalized spacial score (nSPS) is 27.6. The fourth-order valence-corrected chi connectivity index (χ4v) is 2.32. The van der Waals surface area contributed by atoms with Crippen LogP contribution in [0.5, 0.6) is 0 Å². The van der Waals surface area contributed by atoms with E-state index in [4.69, 9.17) is 4.74 Å². The van der Waals surface area contributed by atoms with E-state index in [-0.39, 0.29) is 0 Å². The lowest BCUT2D eigenvalue weighted by atomic mass is 10.0. The lowest BCUT2D eigenvalue weighted by Gasteiger charge is -2.16. The summed E-state index contributed by atoms with van der Waals surface area (Å²) in [4.78, 5) is 0. The van der Waals surface area contributed by atoms with Gasteiger partial charge >= 0.3 is 0 Å². The summed E-state index contributed by atoms with van der Waals surface area (Å²) in [6, 6.07) is 0.775. The van der Waals surface area contributed by atoms with Crippen molar-refractivity contribution in [1.29, 1.82) is 0 Å². The highest BCUT2D eigenvalue weighted by molar-refractivity contribution is 4.73. The van der Waals surface area contributed by atoms with Gasteiger partial charge in [0.05, 0.1) is 0 Å². The first-order valence-corrected chi connectivity index (χ1v) is 6.64. The Morgan fingerprint density at radius 1 is 1.20 bits per heavy atom. The molecule has 0 bridgehead atoms. The van der Waals surface area contributed by atoms with E-state index in [1.54, 1.807) is 0 Å². The third kappa shape index (κ3) is 6.16. The molecule has 2 heteroatoms. The Balaban J connectivity index is 2.00. The average Bonchev–Trinajstić information content (AvgIpc) is 2.43. The Bertz CT molecular complexity index is 149. The molecule has 1 fully saturated rings. The van der Waals surface area contributed by atoms with E-state index in [1.165, 1.54) is 32.1 Å². The molecule has 90 valence electrons. The fourth-order valence-electron chi connectivity index (χ4n) is 2.32. The van der Waals surface area contributed by atoms with E-state index < -0.39 is 0 Å². The van der Waals surface area contributed by atoms with Gasteiger partial charge in [0.2, 0.25) is 0 Å². The Hall–Kier alpha value is -0.0800. The van der Waals surface area contributed by atoms with Crippen molar-refractivity contribution in [2.45, 2.75) is 58.4 Å². The summed E-state index contributed by atoms with van der Waals surface area (Å²) in [7, 11) is 0. The molecule has 1 N–H and O–H groups in total. The molecule has 0 heterocycles. The molecule has 0 spiro atoms. The van der Waals surface area contributed by atoms with Gasteiger partial charge in [-0.1, -0.05) is 19.8 Å². The van der Waals surface area contributed by atoms with Gasteiger partial charge in [-0.05, 0) is 45.1 Å². The first-order valence-electron chi connectivity index (χ1n) is 6.64. The van der Waals surface area contributed by atoms with Gasteiger partial charge < -0.3 is 10.1 Å². The molecule has 0 saturated heterocycles. The van der Waals surface area contributed by atoms with Gasteiger partial charge in [-0.15, -0.1) is 0 Å². The number of rotatable bonds is 6. The lowest BCUT2D eigenvalue weighted by molar-refractivity contribution is 0.144. The van der Waals surface area contributed by atoms with Gasteiger partial charge in [0.25, 0.3) is 0 Å². The van der Waals surface area contributed by atoms with Crippen molar-refractivity contribution in [3.05, 3.63) is 0 Å². The summed E-state index contributed by atoms with van der Waals surface area (Å²) in [6.07, 6.45) is 8.14. The van der Waals surface area contributed by atoms with Gasteiger partial charge in [0, 0.05) is 19.3 Å². The molecule has 0 aromatic heterocycles. The van der Waals surface area contributed by atoms with Crippen LogP contribution in [0.15, 0.2) is 0 Å². The Kier molecular flexibility index (Phi) is 7.03. The molecule has 0 aromatic carbocycles. The van der Waals surface area contributed by atoms with Gasteiger partial charge in [0.1, 0.15) is 0 Å². The van der Waals surface area contributed by atoms with Crippen molar-refractivity contribution in [1.82, 2.24) is 5.32 Å². The second kappa shape index (κ2) is 8.12. The summed E-state index contributed by atoms with van der Waals surface area (Å²) in [5, 5.41) is 3.66. The molecule has 1 aliphatic carbocycles. The highest BCUT2D eigenvalue weighted by Gasteiger charge is 2.14. The van der Waals surface area contributed by atoms with Gasteiger partial charge in [-0.25, -0.2) is 0 Å². The van der Waals surface area contributed by atoms with Gasteiger partial charge in [-0.3, -0.25) is 0 Å². The smallest absolute Gasteiger partial charge is 0.0477 e. The molecule has 1 rings (SSSR count). The predicted octanol–water partition coefficient (Wildman–Crippen LogP) is 2.97. The molecule has 2 nitrogen and oxygen atoms in total. The van der Waals surface area contributed by atoms with Crippen molar-refractivity contribution >= 4 is 0 Å². The van der Waals surface area contributed by atoms with Crippen LogP contribution in [0.2, 0.25) is 0 Å². The molecule has 1 aliphatic rings. The maximum Gasteiger partial charge on any atom is 0.0477 e. The van der Waals surface area contributed by atoms with E-state index >= 15 is 0 Å².